The van der Waals surface area contributed by atoms with Gasteiger partial charge in [0.1, 0.15) is 17.9 Å². The van der Waals surface area contributed by atoms with E-state index >= 15 is 0 Å². The van der Waals surface area contributed by atoms with Gasteiger partial charge in [0, 0.05) is 18.4 Å². The minimum atomic E-state index is -0.409. The van der Waals surface area contributed by atoms with Crippen LogP contribution in [0.4, 0.5) is 0 Å². The van der Waals surface area contributed by atoms with Crippen LogP contribution in [0.3, 0.4) is 0 Å². The Morgan fingerprint density at radius 1 is 1.10 bits per heavy atom. The number of allylic oxidation sites excluding steroid dienone is 1. The number of nitriles is 2. The minimum Gasteiger partial charge on any atom is -0.497 e. The molecule has 104 valence electrons. The molecule has 21 heavy (non-hydrogen) atoms. The standard InChI is InChI=1S/C15H11N3O3/c1-21-12-4-2-10(3-5-12)15(11(8-16)9-17)18-13(19)6-7-14(18)20/h2-5H,6-7H2,1H3. The van der Waals surface area contributed by atoms with Gasteiger partial charge in [0.15, 0.2) is 5.57 Å². The molecule has 0 saturated carbocycles. The van der Waals surface area contributed by atoms with E-state index in [0.717, 1.165) is 4.90 Å². The maximum atomic E-state index is 11.9. The predicted molar refractivity (Wildman–Crippen MR) is 72.2 cm³/mol. The van der Waals surface area contributed by atoms with Crippen LogP contribution in [0.2, 0.25) is 0 Å². The van der Waals surface area contributed by atoms with Crippen LogP contribution < -0.4 is 4.74 Å². The fraction of sp³-hybridized carbons (Fsp3) is 0.200. The van der Waals surface area contributed by atoms with Crippen molar-refractivity contribution in [3.63, 3.8) is 0 Å². The highest BCUT2D eigenvalue weighted by molar-refractivity contribution is 6.10. The van der Waals surface area contributed by atoms with E-state index in [4.69, 9.17) is 15.3 Å². The molecule has 0 bridgehead atoms. The molecule has 6 nitrogen and oxygen atoms in total. The Bertz CT molecular complexity index is 673. The Balaban J connectivity index is 2.60. The zero-order chi connectivity index (χ0) is 15.4. The first kappa shape index (κ1) is 14.3. The maximum Gasteiger partial charge on any atom is 0.234 e. The molecule has 0 aliphatic carbocycles. The summed E-state index contributed by atoms with van der Waals surface area (Å²) in [6.45, 7) is 0. The number of hydrogen-bond donors (Lipinski definition) is 0. The lowest BCUT2D eigenvalue weighted by atomic mass is 10.1. The van der Waals surface area contributed by atoms with Crippen LogP contribution in [0.25, 0.3) is 5.70 Å². The Morgan fingerprint density at radius 3 is 2.05 bits per heavy atom. The van der Waals surface area contributed by atoms with Crippen molar-refractivity contribution in [1.29, 1.82) is 10.5 Å². The highest BCUT2D eigenvalue weighted by Crippen LogP contribution is 2.29. The Labute approximate surface area is 121 Å². The zero-order valence-corrected chi connectivity index (χ0v) is 11.3. The number of imide groups is 1. The number of ether oxygens (including phenoxy) is 1. The lowest BCUT2D eigenvalue weighted by Gasteiger charge is -2.18. The van der Waals surface area contributed by atoms with E-state index in [1.165, 1.54) is 7.11 Å². The lowest BCUT2D eigenvalue weighted by molar-refractivity contribution is -0.134. The second-order valence-electron chi connectivity index (χ2n) is 4.30. The van der Waals surface area contributed by atoms with E-state index in [1.807, 2.05) is 0 Å². The summed E-state index contributed by atoms with van der Waals surface area (Å²) >= 11 is 0. The first-order chi connectivity index (χ1) is 10.1. The molecule has 0 N–H and O–H groups in total. The third kappa shape index (κ3) is 2.60. The average Bonchev–Trinajstić information content (AvgIpc) is 2.84. The minimum absolute atomic E-state index is 0.0372. The summed E-state index contributed by atoms with van der Waals surface area (Å²) in [5, 5.41) is 18.2. The summed E-state index contributed by atoms with van der Waals surface area (Å²) in [6, 6.07) is 9.94. The number of carbonyl (C=O) groups excluding carboxylic acids is 2. The second-order valence-corrected chi connectivity index (χ2v) is 4.30. The van der Waals surface area contributed by atoms with Gasteiger partial charge in [-0.1, -0.05) is 0 Å². The highest BCUT2D eigenvalue weighted by atomic mass is 16.5. The van der Waals surface area contributed by atoms with Gasteiger partial charge in [-0.05, 0) is 24.3 Å². The normalized spacial score (nSPS) is 13.6. The van der Waals surface area contributed by atoms with E-state index < -0.39 is 11.8 Å². The molecule has 1 aliphatic rings. The molecule has 0 spiro atoms. The van der Waals surface area contributed by atoms with Crippen LogP contribution in [0, 0.1) is 22.7 Å². The molecule has 0 radical (unpaired) electrons. The number of methoxy groups -OCH3 is 1. The first-order valence-corrected chi connectivity index (χ1v) is 6.17. The predicted octanol–water partition coefficient (Wildman–Crippen LogP) is 1.60. The smallest absolute Gasteiger partial charge is 0.234 e. The molecule has 1 aromatic rings. The van der Waals surface area contributed by atoms with Crippen molar-refractivity contribution in [2.45, 2.75) is 12.8 Å². The topological polar surface area (TPSA) is 94.2 Å². The number of carbonyl (C=O) groups is 2. The van der Waals surface area contributed by atoms with Gasteiger partial charge in [-0.3, -0.25) is 9.59 Å². The summed E-state index contributed by atoms with van der Waals surface area (Å²) in [5.74, 6) is -0.227. The average molecular weight is 281 g/mol. The van der Waals surface area contributed by atoms with Gasteiger partial charge in [0.2, 0.25) is 11.8 Å². The third-order valence-electron chi connectivity index (χ3n) is 3.10. The van der Waals surface area contributed by atoms with E-state index in [0.29, 0.717) is 11.3 Å². The molecule has 1 heterocycles. The molecular formula is C15H11N3O3. The third-order valence-corrected chi connectivity index (χ3v) is 3.10. The molecule has 1 aliphatic heterocycles. The highest BCUT2D eigenvalue weighted by Gasteiger charge is 2.34. The molecular weight excluding hydrogens is 270 g/mol. The summed E-state index contributed by atoms with van der Waals surface area (Å²) in [6.07, 6.45) is 0.172. The molecule has 1 fully saturated rings. The van der Waals surface area contributed by atoms with Crippen molar-refractivity contribution in [2.75, 3.05) is 7.11 Å². The van der Waals surface area contributed by atoms with Crippen LogP contribution in [-0.2, 0) is 9.59 Å². The quantitative estimate of drug-likeness (QED) is 0.619. The zero-order valence-electron chi connectivity index (χ0n) is 11.3. The summed E-state index contributed by atoms with van der Waals surface area (Å²) < 4.78 is 5.04. The Hall–Kier alpha value is -3.12. The molecule has 2 amide bonds. The van der Waals surface area contributed by atoms with Crippen molar-refractivity contribution in [3.8, 4) is 17.9 Å². The molecule has 0 atom stereocenters. The van der Waals surface area contributed by atoms with Gasteiger partial charge in [0.05, 0.1) is 12.8 Å². The number of likely N-dealkylation sites (tertiary alicyclic amines) is 1. The monoisotopic (exact) mass is 281 g/mol. The van der Waals surface area contributed by atoms with Gasteiger partial charge in [-0.2, -0.15) is 10.5 Å². The van der Waals surface area contributed by atoms with E-state index in [1.54, 1.807) is 36.4 Å². The van der Waals surface area contributed by atoms with Gasteiger partial charge in [-0.25, -0.2) is 4.90 Å². The van der Waals surface area contributed by atoms with Crippen LogP contribution in [0.15, 0.2) is 29.8 Å². The molecule has 0 aromatic heterocycles. The van der Waals surface area contributed by atoms with Crippen molar-refractivity contribution in [2.24, 2.45) is 0 Å². The lowest BCUT2D eigenvalue weighted by Crippen LogP contribution is -2.28. The molecule has 0 unspecified atom stereocenters. The van der Waals surface area contributed by atoms with Gasteiger partial charge < -0.3 is 4.74 Å². The fourth-order valence-electron chi connectivity index (χ4n) is 2.09. The maximum absolute atomic E-state index is 11.9. The van der Waals surface area contributed by atoms with Crippen molar-refractivity contribution >= 4 is 17.5 Å². The number of hydrogen-bond acceptors (Lipinski definition) is 5. The summed E-state index contributed by atoms with van der Waals surface area (Å²) in [7, 11) is 1.51. The van der Waals surface area contributed by atoms with Crippen LogP contribution in [-0.4, -0.2) is 23.8 Å². The van der Waals surface area contributed by atoms with Gasteiger partial charge >= 0.3 is 0 Å². The van der Waals surface area contributed by atoms with Crippen LogP contribution in [0.5, 0.6) is 5.75 Å². The SMILES string of the molecule is COc1ccc(C(=C(C#N)C#N)N2C(=O)CCC2=O)cc1. The van der Waals surface area contributed by atoms with Crippen LogP contribution >= 0.6 is 0 Å². The largest absolute Gasteiger partial charge is 0.497 e. The number of rotatable bonds is 3. The van der Waals surface area contributed by atoms with Crippen molar-refractivity contribution in [3.05, 3.63) is 35.4 Å². The molecule has 1 aromatic carbocycles. The van der Waals surface area contributed by atoms with Crippen LogP contribution in [0.1, 0.15) is 18.4 Å². The Morgan fingerprint density at radius 2 is 1.62 bits per heavy atom. The fourth-order valence-corrected chi connectivity index (χ4v) is 2.09. The van der Waals surface area contributed by atoms with E-state index in [2.05, 4.69) is 0 Å². The summed E-state index contributed by atoms with van der Waals surface area (Å²) in [4.78, 5) is 24.7. The number of nitrogens with zero attached hydrogens (tertiary/aromatic N) is 3. The second kappa shape index (κ2) is 5.89. The van der Waals surface area contributed by atoms with Crippen molar-refractivity contribution in [1.82, 2.24) is 4.90 Å². The number of benzene rings is 1. The van der Waals surface area contributed by atoms with Gasteiger partial charge in [0.25, 0.3) is 0 Å². The van der Waals surface area contributed by atoms with Crippen molar-refractivity contribution < 1.29 is 14.3 Å². The van der Waals surface area contributed by atoms with E-state index in [9.17, 15) is 9.59 Å². The number of amides is 2. The Kier molecular flexibility index (Phi) is 4.01. The summed E-state index contributed by atoms with van der Waals surface area (Å²) in [5.41, 5.74) is 0.205. The van der Waals surface area contributed by atoms with Gasteiger partial charge in [-0.15, -0.1) is 0 Å². The molecule has 6 heteroatoms. The molecule has 1 saturated heterocycles. The first-order valence-electron chi connectivity index (χ1n) is 6.17. The van der Waals surface area contributed by atoms with E-state index in [-0.39, 0.29) is 24.1 Å². The molecule has 2 rings (SSSR count).